The summed E-state index contributed by atoms with van der Waals surface area (Å²) in [5, 5.41) is 0. The molecular formula is C14H19ClN2. The van der Waals surface area contributed by atoms with Crippen LogP contribution in [-0.4, -0.2) is 9.55 Å². The quantitative estimate of drug-likeness (QED) is 0.550. The minimum Gasteiger partial charge on any atom is -0.327 e. The topological polar surface area (TPSA) is 17.8 Å². The highest BCUT2D eigenvalue weighted by Gasteiger charge is 2.08. The normalized spacial score (nSPS) is 11.2. The van der Waals surface area contributed by atoms with Gasteiger partial charge in [-0.15, -0.1) is 11.6 Å². The van der Waals surface area contributed by atoms with Gasteiger partial charge in [0.25, 0.3) is 0 Å². The van der Waals surface area contributed by atoms with Crippen molar-refractivity contribution >= 4 is 22.6 Å². The number of fused-ring (bicyclic) bond motifs is 1. The summed E-state index contributed by atoms with van der Waals surface area (Å²) in [5.74, 6) is 1.48. The van der Waals surface area contributed by atoms with E-state index < -0.39 is 0 Å². The van der Waals surface area contributed by atoms with Crippen molar-refractivity contribution in [3.05, 3.63) is 30.1 Å². The predicted octanol–water partition coefficient (Wildman–Crippen LogP) is 4.36. The molecule has 0 saturated heterocycles. The molecule has 1 aromatic heterocycles. The van der Waals surface area contributed by atoms with Gasteiger partial charge in [-0.3, -0.25) is 0 Å². The predicted molar refractivity (Wildman–Crippen MR) is 73.4 cm³/mol. The molecule has 2 rings (SSSR count). The van der Waals surface area contributed by atoms with E-state index in [4.69, 9.17) is 11.6 Å². The van der Waals surface area contributed by atoms with Gasteiger partial charge in [-0.2, -0.15) is 0 Å². The Kier molecular flexibility index (Phi) is 4.43. The Hall–Kier alpha value is -1.02. The van der Waals surface area contributed by atoms with Crippen LogP contribution in [0.4, 0.5) is 0 Å². The molecule has 0 aliphatic carbocycles. The molecule has 2 nitrogen and oxygen atoms in total. The summed E-state index contributed by atoms with van der Waals surface area (Å²) in [6.45, 7) is 3.26. The molecular weight excluding hydrogens is 232 g/mol. The minimum absolute atomic E-state index is 0.489. The van der Waals surface area contributed by atoms with Crippen LogP contribution in [0.25, 0.3) is 11.0 Å². The van der Waals surface area contributed by atoms with Crippen molar-refractivity contribution in [3.63, 3.8) is 0 Å². The van der Waals surface area contributed by atoms with Crippen LogP contribution in [-0.2, 0) is 12.4 Å². The van der Waals surface area contributed by atoms with E-state index in [0.717, 1.165) is 17.9 Å². The van der Waals surface area contributed by atoms with Gasteiger partial charge in [-0.1, -0.05) is 38.3 Å². The molecule has 2 aromatic rings. The third-order valence-corrected chi connectivity index (χ3v) is 3.33. The zero-order valence-corrected chi connectivity index (χ0v) is 11.1. The number of benzene rings is 1. The van der Waals surface area contributed by atoms with E-state index in [1.807, 2.05) is 12.1 Å². The van der Waals surface area contributed by atoms with Crippen molar-refractivity contribution in [2.45, 2.75) is 45.0 Å². The molecule has 0 fully saturated rings. The summed E-state index contributed by atoms with van der Waals surface area (Å²) in [4.78, 5) is 4.56. The third kappa shape index (κ3) is 2.81. The van der Waals surface area contributed by atoms with Crippen LogP contribution in [0.3, 0.4) is 0 Å². The molecule has 92 valence electrons. The van der Waals surface area contributed by atoms with E-state index in [0.29, 0.717) is 5.88 Å². The molecule has 0 amide bonds. The highest BCUT2D eigenvalue weighted by Crippen LogP contribution is 2.18. The Balaban J connectivity index is 2.18. The smallest absolute Gasteiger partial charge is 0.124 e. The van der Waals surface area contributed by atoms with Crippen molar-refractivity contribution in [1.29, 1.82) is 0 Å². The van der Waals surface area contributed by atoms with Gasteiger partial charge in [0, 0.05) is 6.54 Å². The molecule has 0 atom stereocenters. The molecule has 0 spiro atoms. The van der Waals surface area contributed by atoms with Gasteiger partial charge in [-0.25, -0.2) is 4.98 Å². The summed E-state index contributed by atoms with van der Waals surface area (Å²) in [6.07, 6.45) is 5.07. The Morgan fingerprint density at radius 2 is 2.00 bits per heavy atom. The number of hydrogen-bond donors (Lipinski definition) is 0. The molecule has 0 aliphatic heterocycles. The second-order valence-electron chi connectivity index (χ2n) is 4.36. The number of unbranched alkanes of at least 4 members (excludes halogenated alkanes) is 3. The standard InChI is InChI=1S/C14H19ClN2/c1-2-3-4-7-10-17-13-9-6-5-8-12(13)16-14(17)11-15/h5-6,8-9H,2-4,7,10-11H2,1H3. The summed E-state index contributed by atoms with van der Waals surface area (Å²) in [7, 11) is 0. The maximum Gasteiger partial charge on any atom is 0.124 e. The molecule has 0 bridgehead atoms. The second-order valence-corrected chi connectivity index (χ2v) is 4.63. The van der Waals surface area contributed by atoms with Gasteiger partial charge in [0.1, 0.15) is 5.82 Å². The number of nitrogens with zero attached hydrogens (tertiary/aromatic N) is 2. The van der Waals surface area contributed by atoms with E-state index in [1.54, 1.807) is 0 Å². The van der Waals surface area contributed by atoms with E-state index in [2.05, 4.69) is 28.6 Å². The van der Waals surface area contributed by atoms with Crippen LogP contribution < -0.4 is 0 Å². The van der Waals surface area contributed by atoms with Crippen LogP contribution >= 0.6 is 11.6 Å². The fourth-order valence-electron chi connectivity index (χ4n) is 2.17. The fourth-order valence-corrected chi connectivity index (χ4v) is 2.38. The Labute approximate surface area is 108 Å². The van der Waals surface area contributed by atoms with Gasteiger partial charge < -0.3 is 4.57 Å². The maximum absolute atomic E-state index is 5.96. The lowest BCUT2D eigenvalue weighted by molar-refractivity contribution is 0.581. The minimum atomic E-state index is 0.489. The second kappa shape index (κ2) is 6.06. The lowest BCUT2D eigenvalue weighted by Gasteiger charge is -2.07. The third-order valence-electron chi connectivity index (χ3n) is 3.09. The van der Waals surface area contributed by atoms with E-state index >= 15 is 0 Å². The van der Waals surface area contributed by atoms with Gasteiger partial charge in [0.05, 0.1) is 16.9 Å². The number of halogens is 1. The van der Waals surface area contributed by atoms with E-state index in [1.165, 1.54) is 31.2 Å². The van der Waals surface area contributed by atoms with Crippen molar-refractivity contribution < 1.29 is 0 Å². The lowest BCUT2D eigenvalue weighted by Crippen LogP contribution is -2.02. The number of aryl methyl sites for hydroxylation is 1. The number of alkyl halides is 1. The summed E-state index contributed by atoms with van der Waals surface area (Å²) in [6, 6.07) is 8.26. The molecule has 1 heterocycles. The average molecular weight is 251 g/mol. The van der Waals surface area contributed by atoms with Crippen molar-refractivity contribution in [1.82, 2.24) is 9.55 Å². The van der Waals surface area contributed by atoms with Crippen molar-refractivity contribution in [2.24, 2.45) is 0 Å². The zero-order valence-electron chi connectivity index (χ0n) is 10.3. The average Bonchev–Trinajstić information content (AvgIpc) is 2.73. The van der Waals surface area contributed by atoms with Crippen LogP contribution in [0.2, 0.25) is 0 Å². The SMILES string of the molecule is CCCCCCn1c(CCl)nc2ccccc21. The number of hydrogen-bond acceptors (Lipinski definition) is 1. The Morgan fingerprint density at radius 3 is 2.76 bits per heavy atom. The van der Waals surface area contributed by atoms with Gasteiger partial charge in [-0.05, 0) is 18.6 Å². The lowest BCUT2D eigenvalue weighted by atomic mass is 10.2. The first-order valence-corrected chi connectivity index (χ1v) is 6.90. The monoisotopic (exact) mass is 250 g/mol. The molecule has 0 aliphatic rings. The first-order valence-electron chi connectivity index (χ1n) is 6.37. The molecule has 0 N–H and O–H groups in total. The molecule has 0 saturated carbocycles. The summed E-state index contributed by atoms with van der Waals surface area (Å²) >= 11 is 5.96. The Morgan fingerprint density at radius 1 is 1.18 bits per heavy atom. The molecule has 0 unspecified atom stereocenters. The fraction of sp³-hybridized carbons (Fsp3) is 0.500. The molecule has 0 radical (unpaired) electrons. The number of rotatable bonds is 6. The summed E-state index contributed by atoms with van der Waals surface area (Å²) < 4.78 is 2.26. The van der Waals surface area contributed by atoms with Crippen molar-refractivity contribution in [2.75, 3.05) is 0 Å². The largest absolute Gasteiger partial charge is 0.327 e. The maximum atomic E-state index is 5.96. The number of aromatic nitrogens is 2. The van der Waals surface area contributed by atoms with Crippen LogP contribution in [0, 0.1) is 0 Å². The molecule has 1 aromatic carbocycles. The first-order chi connectivity index (χ1) is 8.36. The van der Waals surface area contributed by atoms with E-state index in [-0.39, 0.29) is 0 Å². The van der Waals surface area contributed by atoms with Crippen molar-refractivity contribution in [3.8, 4) is 0 Å². The highest BCUT2D eigenvalue weighted by molar-refractivity contribution is 6.16. The van der Waals surface area contributed by atoms with Crippen LogP contribution in [0.1, 0.15) is 38.4 Å². The van der Waals surface area contributed by atoms with Gasteiger partial charge in [0.15, 0.2) is 0 Å². The van der Waals surface area contributed by atoms with Crippen LogP contribution in [0.5, 0.6) is 0 Å². The summed E-state index contributed by atoms with van der Waals surface area (Å²) in [5.41, 5.74) is 2.26. The zero-order chi connectivity index (χ0) is 12.1. The Bertz CT molecular complexity index is 476. The van der Waals surface area contributed by atoms with Gasteiger partial charge >= 0.3 is 0 Å². The number of para-hydroxylation sites is 2. The van der Waals surface area contributed by atoms with Crippen LogP contribution in [0.15, 0.2) is 24.3 Å². The van der Waals surface area contributed by atoms with E-state index in [9.17, 15) is 0 Å². The van der Waals surface area contributed by atoms with Gasteiger partial charge in [0.2, 0.25) is 0 Å². The molecule has 17 heavy (non-hydrogen) atoms. The first kappa shape index (κ1) is 12.4. The number of imidazole rings is 1. The molecule has 3 heteroatoms. The highest BCUT2D eigenvalue weighted by atomic mass is 35.5.